The van der Waals surface area contributed by atoms with Gasteiger partial charge in [-0.05, 0) is 59.4 Å². The predicted octanol–water partition coefficient (Wildman–Crippen LogP) is 5.01. The number of ether oxygens (including phenoxy) is 1. The van der Waals surface area contributed by atoms with E-state index in [1.807, 2.05) is 24.3 Å². The van der Waals surface area contributed by atoms with Crippen molar-refractivity contribution in [3.05, 3.63) is 101 Å². The highest BCUT2D eigenvalue weighted by Crippen LogP contribution is 2.20. The molecule has 3 aromatic carbocycles. The Balaban J connectivity index is 1.20. The smallest absolute Gasteiger partial charge is 0.251 e. The lowest BCUT2D eigenvalue weighted by Gasteiger charge is -2.28. The second-order valence-corrected chi connectivity index (χ2v) is 8.42. The minimum atomic E-state index is -0.0645. The number of hydrogen-bond acceptors (Lipinski definition) is 3. The maximum Gasteiger partial charge on any atom is 0.251 e. The summed E-state index contributed by atoms with van der Waals surface area (Å²) in [5.74, 6) is 0.772. The van der Waals surface area contributed by atoms with Crippen molar-refractivity contribution in [2.24, 2.45) is 0 Å². The number of fused-ring (bicyclic) bond motifs is 1. The zero-order chi connectivity index (χ0) is 22.2. The molecule has 166 valence electrons. The third-order valence-corrected chi connectivity index (χ3v) is 5.95. The van der Waals surface area contributed by atoms with Crippen LogP contribution in [0.15, 0.2) is 72.8 Å². The molecule has 0 aromatic heterocycles. The Bertz CT molecular complexity index is 1010. The second kappa shape index (κ2) is 11.0. The van der Waals surface area contributed by atoms with Crippen molar-refractivity contribution in [2.75, 3.05) is 19.7 Å². The van der Waals surface area contributed by atoms with Crippen molar-refractivity contribution in [3.8, 4) is 5.75 Å². The first-order valence-electron chi connectivity index (χ1n) is 11.6. The lowest BCUT2D eigenvalue weighted by molar-refractivity contribution is 0.0947. The van der Waals surface area contributed by atoms with Gasteiger partial charge in [-0.25, -0.2) is 0 Å². The summed E-state index contributed by atoms with van der Waals surface area (Å²) in [6.07, 6.45) is 3.32. The maximum atomic E-state index is 12.4. The normalized spacial score (nSPS) is 13.4. The van der Waals surface area contributed by atoms with Crippen molar-refractivity contribution in [1.82, 2.24) is 10.2 Å². The van der Waals surface area contributed by atoms with Gasteiger partial charge in [0.1, 0.15) is 12.4 Å². The molecule has 0 spiro atoms. The third kappa shape index (κ3) is 5.98. The SMILES string of the molecule is CCCc1ccc(OCCNC(=O)c2ccc(CN3CCc4ccccc4C3)cc2)cc1. The number of amides is 1. The number of hydrogen-bond donors (Lipinski definition) is 1. The Morgan fingerprint density at radius 1 is 0.938 bits per heavy atom. The Morgan fingerprint density at radius 2 is 1.66 bits per heavy atom. The van der Waals surface area contributed by atoms with E-state index in [0.29, 0.717) is 18.7 Å². The van der Waals surface area contributed by atoms with Gasteiger partial charge >= 0.3 is 0 Å². The number of carbonyl (C=O) groups excluding carboxylic acids is 1. The fraction of sp³-hybridized carbons (Fsp3) is 0.321. The first-order valence-corrected chi connectivity index (χ1v) is 11.6. The summed E-state index contributed by atoms with van der Waals surface area (Å²) in [6, 6.07) is 24.8. The molecule has 0 atom stereocenters. The zero-order valence-electron chi connectivity index (χ0n) is 18.8. The Kier molecular flexibility index (Phi) is 7.57. The highest BCUT2D eigenvalue weighted by Gasteiger charge is 2.16. The summed E-state index contributed by atoms with van der Waals surface area (Å²) >= 11 is 0. The number of benzene rings is 3. The van der Waals surface area contributed by atoms with Crippen molar-refractivity contribution in [2.45, 2.75) is 39.3 Å². The first kappa shape index (κ1) is 22.1. The van der Waals surface area contributed by atoms with Crippen molar-refractivity contribution in [1.29, 1.82) is 0 Å². The van der Waals surface area contributed by atoms with E-state index in [4.69, 9.17) is 4.74 Å². The molecule has 4 rings (SSSR count). The molecule has 1 aliphatic rings. The summed E-state index contributed by atoms with van der Waals surface area (Å²) in [4.78, 5) is 14.9. The van der Waals surface area contributed by atoms with Gasteiger partial charge in [0.2, 0.25) is 0 Å². The molecule has 0 saturated carbocycles. The largest absolute Gasteiger partial charge is 0.492 e. The minimum Gasteiger partial charge on any atom is -0.492 e. The van der Waals surface area contributed by atoms with Gasteiger partial charge < -0.3 is 10.1 Å². The molecule has 3 aromatic rings. The summed E-state index contributed by atoms with van der Waals surface area (Å²) in [6.45, 7) is 6.06. The van der Waals surface area contributed by atoms with Crippen LogP contribution in [0.25, 0.3) is 0 Å². The van der Waals surface area contributed by atoms with Crippen LogP contribution in [0.2, 0.25) is 0 Å². The van der Waals surface area contributed by atoms with E-state index < -0.39 is 0 Å². The number of nitrogens with one attached hydrogen (secondary N) is 1. The molecule has 0 bridgehead atoms. The number of carbonyl (C=O) groups is 1. The third-order valence-electron chi connectivity index (χ3n) is 5.95. The van der Waals surface area contributed by atoms with Crippen LogP contribution in [0.1, 0.15) is 46.0 Å². The highest BCUT2D eigenvalue weighted by atomic mass is 16.5. The van der Waals surface area contributed by atoms with Gasteiger partial charge in [0, 0.05) is 25.2 Å². The van der Waals surface area contributed by atoms with Crippen LogP contribution in [-0.4, -0.2) is 30.5 Å². The topological polar surface area (TPSA) is 41.6 Å². The molecule has 4 heteroatoms. The van der Waals surface area contributed by atoms with Crippen LogP contribution in [0, 0.1) is 0 Å². The molecule has 0 aliphatic carbocycles. The van der Waals surface area contributed by atoms with Gasteiger partial charge in [-0.15, -0.1) is 0 Å². The molecule has 1 heterocycles. The highest BCUT2D eigenvalue weighted by molar-refractivity contribution is 5.94. The van der Waals surface area contributed by atoms with E-state index in [2.05, 4.69) is 65.7 Å². The molecule has 0 saturated heterocycles. The number of rotatable bonds is 9. The zero-order valence-corrected chi connectivity index (χ0v) is 18.8. The predicted molar refractivity (Wildman–Crippen MR) is 129 cm³/mol. The van der Waals surface area contributed by atoms with Gasteiger partial charge in [-0.1, -0.05) is 61.9 Å². The Morgan fingerprint density at radius 3 is 2.41 bits per heavy atom. The lowest BCUT2D eigenvalue weighted by atomic mass is 9.99. The van der Waals surface area contributed by atoms with Crippen LogP contribution in [0.3, 0.4) is 0 Å². The maximum absolute atomic E-state index is 12.4. The molecule has 32 heavy (non-hydrogen) atoms. The van der Waals surface area contributed by atoms with Gasteiger partial charge in [0.25, 0.3) is 5.91 Å². The van der Waals surface area contributed by atoms with Gasteiger partial charge in [0.05, 0.1) is 6.54 Å². The van der Waals surface area contributed by atoms with Crippen molar-refractivity contribution >= 4 is 5.91 Å². The average Bonchev–Trinajstić information content (AvgIpc) is 2.83. The summed E-state index contributed by atoms with van der Waals surface area (Å²) in [5, 5.41) is 2.94. The fourth-order valence-electron chi connectivity index (χ4n) is 4.19. The van der Waals surface area contributed by atoms with Gasteiger partial charge in [-0.3, -0.25) is 9.69 Å². The summed E-state index contributed by atoms with van der Waals surface area (Å²) in [7, 11) is 0. The molecule has 0 fully saturated rings. The van der Waals surface area contributed by atoms with Gasteiger partial charge in [0.15, 0.2) is 0 Å². The second-order valence-electron chi connectivity index (χ2n) is 8.42. The van der Waals surface area contributed by atoms with Crippen LogP contribution in [0.4, 0.5) is 0 Å². The molecular formula is C28H32N2O2. The molecule has 0 unspecified atom stereocenters. The Labute approximate surface area is 191 Å². The first-order chi connectivity index (χ1) is 15.7. The molecule has 4 nitrogen and oxygen atoms in total. The molecule has 1 N–H and O–H groups in total. The quantitative estimate of drug-likeness (QED) is 0.487. The Hall–Kier alpha value is -3.11. The van der Waals surface area contributed by atoms with Crippen LogP contribution in [0.5, 0.6) is 5.75 Å². The van der Waals surface area contributed by atoms with E-state index in [1.54, 1.807) is 0 Å². The number of aryl methyl sites for hydroxylation is 1. The van der Waals surface area contributed by atoms with Crippen molar-refractivity contribution < 1.29 is 9.53 Å². The molecule has 0 radical (unpaired) electrons. The van der Waals surface area contributed by atoms with Crippen molar-refractivity contribution in [3.63, 3.8) is 0 Å². The standard InChI is InChI=1S/C28H32N2O2/c1-2-5-22-10-14-27(15-11-22)32-19-17-29-28(31)25-12-8-23(9-13-25)20-30-18-16-24-6-3-4-7-26(24)21-30/h3-4,6-15H,2,5,16-21H2,1H3,(H,29,31). The van der Waals surface area contributed by atoms with E-state index in [9.17, 15) is 4.79 Å². The molecule has 1 aliphatic heterocycles. The molecular weight excluding hydrogens is 396 g/mol. The monoisotopic (exact) mass is 428 g/mol. The van der Waals surface area contributed by atoms with E-state index in [1.165, 1.54) is 22.3 Å². The molecule has 1 amide bonds. The minimum absolute atomic E-state index is 0.0645. The van der Waals surface area contributed by atoms with Crippen LogP contribution < -0.4 is 10.1 Å². The van der Waals surface area contributed by atoms with Crippen LogP contribution in [-0.2, 0) is 25.9 Å². The van der Waals surface area contributed by atoms with Gasteiger partial charge in [-0.2, -0.15) is 0 Å². The fourth-order valence-corrected chi connectivity index (χ4v) is 4.19. The van der Waals surface area contributed by atoms with E-state index in [-0.39, 0.29) is 5.91 Å². The average molecular weight is 429 g/mol. The van der Waals surface area contributed by atoms with Crippen LogP contribution >= 0.6 is 0 Å². The lowest BCUT2D eigenvalue weighted by Crippen LogP contribution is -2.30. The summed E-state index contributed by atoms with van der Waals surface area (Å²) in [5.41, 5.74) is 6.13. The number of nitrogens with zero attached hydrogens (tertiary/aromatic N) is 1. The van der Waals surface area contributed by atoms with E-state index >= 15 is 0 Å². The van der Waals surface area contributed by atoms with E-state index in [0.717, 1.165) is 44.6 Å². The summed E-state index contributed by atoms with van der Waals surface area (Å²) < 4.78 is 5.73.